The van der Waals surface area contributed by atoms with Gasteiger partial charge in [0.05, 0.1) is 13.2 Å². The number of carboxylic acids is 1. The zero-order valence-corrected chi connectivity index (χ0v) is 12.6. The van der Waals surface area contributed by atoms with Crippen molar-refractivity contribution in [1.82, 2.24) is 0 Å². The molecule has 1 unspecified atom stereocenters. The van der Waals surface area contributed by atoms with Crippen LogP contribution >= 0.6 is 0 Å². The number of methoxy groups -OCH3 is 1. The van der Waals surface area contributed by atoms with Crippen LogP contribution in [0.15, 0.2) is 24.3 Å². The van der Waals surface area contributed by atoms with Gasteiger partial charge in [-0.05, 0) is 26.8 Å². The molecule has 0 aliphatic heterocycles. The van der Waals surface area contributed by atoms with Gasteiger partial charge in [-0.1, -0.05) is 18.2 Å². The second-order valence-corrected chi connectivity index (χ2v) is 5.62. The van der Waals surface area contributed by atoms with E-state index >= 15 is 0 Å². The minimum Gasteiger partial charge on any atom is -0.496 e. The third kappa shape index (κ3) is 4.46. The number of carbonyl (C=O) groups excluding carboxylic acids is 1. The Kier molecular flexibility index (Phi) is 5.32. The fourth-order valence-corrected chi connectivity index (χ4v) is 1.89. The van der Waals surface area contributed by atoms with Gasteiger partial charge < -0.3 is 20.3 Å². The molecule has 6 nitrogen and oxygen atoms in total. The summed E-state index contributed by atoms with van der Waals surface area (Å²) in [5.41, 5.74) is 5.63. The van der Waals surface area contributed by atoms with Crippen LogP contribution in [-0.4, -0.2) is 29.8 Å². The molecule has 0 saturated heterocycles. The van der Waals surface area contributed by atoms with E-state index in [2.05, 4.69) is 0 Å². The molecule has 116 valence electrons. The average molecular weight is 295 g/mol. The zero-order chi connectivity index (χ0) is 16.2. The number of nitrogens with two attached hydrogens (primary N) is 1. The number of aliphatic carboxylic acids is 1. The highest BCUT2D eigenvalue weighted by Crippen LogP contribution is 2.30. The summed E-state index contributed by atoms with van der Waals surface area (Å²) in [6.07, 6.45) is 0. The molecule has 21 heavy (non-hydrogen) atoms. The molecule has 0 bridgehead atoms. The summed E-state index contributed by atoms with van der Waals surface area (Å²) in [6, 6.07) is 5.66. The molecule has 0 aliphatic carbocycles. The second-order valence-electron chi connectivity index (χ2n) is 5.62. The first kappa shape index (κ1) is 17.0. The van der Waals surface area contributed by atoms with Crippen molar-refractivity contribution in [2.45, 2.75) is 32.4 Å². The van der Waals surface area contributed by atoms with Crippen LogP contribution < -0.4 is 10.5 Å². The van der Waals surface area contributed by atoms with Gasteiger partial charge in [0.1, 0.15) is 11.4 Å². The molecule has 0 amide bonds. The molecule has 0 fully saturated rings. The molecule has 6 heteroatoms. The molecular weight excluding hydrogens is 274 g/mol. The predicted molar refractivity (Wildman–Crippen MR) is 76.9 cm³/mol. The standard InChI is InChI=1S/C15H21NO5/c1-15(2,3)21-14(19)11(13(17)18)12(16)9-7-5-6-8-10(9)20-4/h5-8,11-12H,16H2,1-4H3,(H,17,18)/t11-,12?/m1/s1. The fourth-order valence-electron chi connectivity index (χ4n) is 1.89. The summed E-state index contributed by atoms with van der Waals surface area (Å²) >= 11 is 0. The van der Waals surface area contributed by atoms with E-state index in [-0.39, 0.29) is 0 Å². The van der Waals surface area contributed by atoms with Crippen LogP contribution in [0, 0.1) is 5.92 Å². The minimum atomic E-state index is -1.50. The SMILES string of the molecule is COc1ccccc1C(N)[C@H](C(=O)O)C(=O)OC(C)(C)C. The van der Waals surface area contributed by atoms with Gasteiger partial charge >= 0.3 is 11.9 Å². The van der Waals surface area contributed by atoms with Gasteiger partial charge in [0, 0.05) is 5.56 Å². The van der Waals surface area contributed by atoms with Crippen molar-refractivity contribution in [2.24, 2.45) is 11.7 Å². The number of esters is 1. The maximum Gasteiger partial charge on any atom is 0.322 e. The van der Waals surface area contributed by atoms with E-state index in [1.165, 1.54) is 7.11 Å². The highest BCUT2D eigenvalue weighted by atomic mass is 16.6. The van der Waals surface area contributed by atoms with E-state index < -0.39 is 29.5 Å². The molecule has 0 saturated carbocycles. The Bertz CT molecular complexity index is 521. The lowest BCUT2D eigenvalue weighted by molar-refractivity contribution is -0.167. The largest absolute Gasteiger partial charge is 0.496 e. The average Bonchev–Trinajstić information content (AvgIpc) is 2.36. The third-order valence-corrected chi connectivity index (χ3v) is 2.78. The monoisotopic (exact) mass is 295 g/mol. The molecule has 1 aromatic rings. The predicted octanol–water partition coefficient (Wildman–Crippen LogP) is 1.74. The van der Waals surface area contributed by atoms with Crippen LogP contribution in [0.3, 0.4) is 0 Å². The van der Waals surface area contributed by atoms with E-state index in [0.717, 1.165) is 0 Å². The number of hydrogen-bond donors (Lipinski definition) is 2. The Morgan fingerprint density at radius 1 is 1.24 bits per heavy atom. The van der Waals surface area contributed by atoms with Crippen LogP contribution in [0.2, 0.25) is 0 Å². The summed E-state index contributed by atoms with van der Waals surface area (Å²) < 4.78 is 10.3. The van der Waals surface area contributed by atoms with Gasteiger partial charge in [-0.15, -0.1) is 0 Å². The number of carboxylic acid groups (broad SMARTS) is 1. The molecule has 1 rings (SSSR count). The molecule has 1 aromatic carbocycles. The first-order valence-corrected chi connectivity index (χ1v) is 6.51. The Morgan fingerprint density at radius 2 is 1.81 bits per heavy atom. The molecular formula is C15H21NO5. The van der Waals surface area contributed by atoms with Gasteiger partial charge in [-0.2, -0.15) is 0 Å². The quantitative estimate of drug-likeness (QED) is 0.634. The second kappa shape index (κ2) is 6.58. The van der Waals surface area contributed by atoms with Crippen LogP contribution in [0.5, 0.6) is 5.75 Å². The molecule has 0 aliphatic rings. The smallest absolute Gasteiger partial charge is 0.322 e. The Labute approximate surface area is 123 Å². The highest BCUT2D eigenvalue weighted by molar-refractivity contribution is 5.95. The van der Waals surface area contributed by atoms with Crippen molar-refractivity contribution in [2.75, 3.05) is 7.11 Å². The van der Waals surface area contributed by atoms with Crippen LogP contribution in [-0.2, 0) is 14.3 Å². The van der Waals surface area contributed by atoms with Crippen LogP contribution in [0.4, 0.5) is 0 Å². The molecule has 0 radical (unpaired) electrons. The maximum atomic E-state index is 12.1. The molecule has 3 N–H and O–H groups in total. The molecule has 0 aromatic heterocycles. The lowest BCUT2D eigenvalue weighted by atomic mass is 9.93. The lowest BCUT2D eigenvalue weighted by Crippen LogP contribution is -2.39. The van der Waals surface area contributed by atoms with Crippen molar-refractivity contribution in [3.05, 3.63) is 29.8 Å². The van der Waals surface area contributed by atoms with E-state index in [9.17, 15) is 14.7 Å². The van der Waals surface area contributed by atoms with Crippen molar-refractivity contribution in [1.29, 1.82) is 0 Å². The number of carbonyl (C=O) groups is 2. The number of rotatable bonds is 5. The Hall–Kier alpha value is -2.08. The van der Waals surface area contributed by atoms with Crippen molar-refractivity contribution in [3.8, 4) is 5.75 Å². The zero-order valence-electron chi connectivity index (χ0n) is 12.6. The first-order chi connectivity index (χ1) is 9.67. The maximum absolute atomic E-state index is 12.1. The number of hydrogen-bond acceptors (Lipinski definition) is 5. The highest BCUT2D eigenvalue weighted by Gasteiger charge is 2.38. The first-order valence-electron chi connectivity index (χ1n) is 6.51. The lowest BCUT2D eigenvalue weighted by Gasteiger charge is -2.25. The van der Waals surface area contributed by atoms with Crippen molar-refractivity contribution in [3.63, 3.8) is 0 Å². The Morgan fingerprint density at radius 3 is 2.29 bits per heavy atom. The Balaban J connectivity index is 3.11. The topological polar surface area (TPSA) is 98.9 Å². The van der Waals surface area contributed by atoms with Gasteiger partial charge in [0.25, 0.3) is 0 Å². The summed E-state index contributed by atoms with van der Waals surface area (Å²) in [7, 11) is 1.45. The summed E-state index contributed by atoms with van der Waals surface area (Å²) in [6.45, 7) is 5.00. The molecule has 0 heterocycles. The summed E-state index contributed by atoms with van der Waals surface area (Å²) in [5.74, 6) is -3.27. The van der Waals surface area contributed by atoms with E-state index in [1.807, 2.05) is 0 Å². The number of benzene rings is 1. The van der Waals surface area contributed by atoms with Gasteiger partial charge in [0.15, 0.2) is 5.92 Å². The fraction of sp³-hybridized carbons (Fsp3) is 0.467. The van der Waals surface area contributed by atoms with E-state index in [4.69, 9.17) is 15.2 Å². The van der Waals surface area contributed by atoms with E-state index in [0.29, 0.717) is 11.3 Å². The summed E-state index contributed by atoms with van der Waals surface area (Å²) in [5, 5.41) is 9.31. The van der Waals surface area contributed by atoms with Crippen molar-refractivity contribution < 1.29 is 24.2 Å². The normalized spacial score (nSPS) is 14.1. The summed E-state index contributed by atoms with van der Waals surface area (Å²) in [4.78, 5) is 23.5. The van der Waals surface area contributed by atoms with Gasteiger partial charge in [-0.25, -0.2) is 0 Å². The minimum absolute atomic E-state index is 0.430. The van der Waals surface area contributed by atoms with Gasteiger partial charge in [0.2, 0.25) is 0 Å². The number of para-hydroxylation sites is 1. The third-order valence-electron chi connectivity index (χ3n) is 2.78. The number of ether oxygens (including phenoxy) is 2. The van der Waals surface area contributed by atoms with Crippen molar-refractivity contribution >= 4 is 11.9 Å². The van der Waals surface area contributed by atoms with E-state index in [1.54, 1.807) is 45.0 Å². The molecule has 0 spiro atoms. The molecule has 2 atom stereocenters. The van der Waals surface area contributed by atoms with Crippen LogP contribution in [0.1, 0.15) is 32.4 Å². The van der Waals surface area contributed by atoms with Gasteiger partial charge in [-0.3, -0.25) is 9.59 Å². The van der Waals surface area contributed by atoms with Crippen LogP contribution in [0.25, 0.3) is 0 Å².